The first-order valence-electron chi connectivity index (χ1n) is 10.1. The van der Waals surface area contributed by atoms with Gasteiger partial charge in [-0.2, -0.15) is 0 Å². The lowest BCUT2D eigenvalue weighted by molar-refractivity contribution is -0.385. The van der Waals surface area contributed by atoms with E-state index in [1.165, 1.54) is 12.3 Å². The number of benzene rings is 1. The number of pyridine rings is 1. The molecule has 2 amide bonds. The number of hydrogen-bond donors (Lipinski definition) is 0. The SMILES string of the molecule is CC1Oc2ccccc2N(CCC(=O)N2CCN(c3ccc([N+](=O)[O-])cn3)CC2)C1=O. The van der Waals surface area contributed by atoms with Gasteiger partial charge < -0.3 is 19.4 Å². The highest BCUT2D eigenvalue weighted by Crippen LogP contribution is 2.33. The van der Waals surface area contributed by atoms with Crippen molar-refractivity contribution in [2.75, 3.05) is 42.5 Å². The molecule has 0 spiro atoms. The topological polar surface area (TPSA) is 109 Å². The summed E-state index contributed by atoms with van der Waals surface area (Å²) in [5, 5.41) is 10.8. The van der Waals surface area contributed by atoms with Crippen molar-refractivity contribution in [1.82, 2.24) is 9.88 Å². The molecule has 4 rings (SSSR count). The van der Waals surface area contributed by atoms with Crippen LogP contribution in [0.15, 0.2) is 42.6 Å². The van der Waals surface area contributed by atoms with E-state index in [2.05, 4.69) is 4.98 Å². The van der Waals surface area contributed by atoms with Gasteiger partial charge in [0, 0.05) is 45.2 Å². The Bertz CT molecular complexity index is 988. The molecule has 1 fully saturated rings. The van der Waals surface area contributed by atoms with E-state index in [0.29, 0.717) is 50.0 Å². The van der Waals surface area contributed by atoms with Crippen LogP contribution >= 0.6 is 0 Å². The third-order valence-corrected chi connectivity index (χ3v) is 5.52. The van der Waals surface area contributed by atoms with Crippen molar-refractivity contribution < 1.29 is 19.2 Å². The van der Waals surface area contributed by atoms with Crippen LogP contribution in [0.25, 0.3) is 0 Å². The normalized spacial score (nSPS) is 18.4. The third kappa shape index (κ3) is 4.27. The molecule has 1 aromatic carbocycles. The summed E-state index contributed by atoms with van der Waals surface area (Å²) in [5.41, 5.74) is 0.638. The predicted molar refractivity (Wildman–Crippen MR) is 113 cm³/mol. The highest BCUT2D eigenvalue weighted by Gasteiger charge is 2.32. The monoisotopic (exact) mass is 425 g/mol. The van der Waals surface area contributed by atoms with Crippen LogP contribution in [0.2, 0.25) is 0 Å². The zero-order valence-electron chi connectivity index (χ0n) is 17.1. The van der Waals surface area contributed by atoms with Gasteiger partial charge in [-0.1, -0.05) is 12.1 Å². The summed E-state index contributed by atoms with van der Waals surface area (Å²) >= 11 is 0. The van der Waals surface area contributed by atoms with Gasteiger partial charge in [0.25, 0.3) is 11.6 Å². The number of para-hydroxylation sites is 2. The number of carbonyl (C=O) groups is 2. The molecule has 2 aromatic rings. The van der Waals surface area contributed by atoms with Crippen LogP contribution in [0.1, 0.15) is 13.3 Å². The summed E-state index contributed by atoms with van der Waals surface area (Å²) in [7, 11) is 0. The van der Waals surface area contributed by atoms with Crippen LogP contribution in [-0.2, 0) is 9.59 Å². The maximum Gasteiger partial charge on any atom is 0.287 e. The molecule has 162 valence electrons. The Kier molecular flexibility index (Phi) is 5.70. The number of amides is 2. The first-order chi connectivity index (χ1) is 14.9. The summed E-state index contributed by atoms with van der Waals surface area (Å²) in [6.07, 6.45) is 0.885. The van der Waals surface area contributed by atoms with Crippen molar-refractivity contribution in [2.45, 2.75) is 19.4 Å². The second-order valence-corrected chi connectivity index (χ2v) is 7.47. The molecule has 0 radical (unpaired) electrons. The van der Waals surface area contributed by atoms with Crippen molar-refractivity contribution >= 4 is 29.0 Å². The maximum atomic E-state index is 12.8. The van der Waals surface area contributed by atoms with Crippen LogP contribution in [0, 0.1) is 10.1 Å². The molecule has 10 nitrogen and oxygen atoms in total. The summed E-state index contributed by atoms with van der Waals surface area (Å²) < 4.78 is 5.64. The van der Waals surface area contributed by atoms with E-state index in [0.717, 1.165) is 0 Å². The van der Waals surface area contributed by atoms with Gasteiger partial charge in [-0.25, -0.2) is 4.98 Å². The standard InChI is InChI=1S/C21H23N5O5/c1-15-21(28)25(17-4-2-3-5-18(17)31-15)9-8-20(27)24-12-10-23(11-13-24)19-7-6-16(14-22-19)26(29)30/h2-7,14-15H,8-13H2,1H3. The van der Waals surface area contributed by atoms with E-state index >= 15 is 0 Å². The summed E-state index contributed by atoms with van der Waals surface area (Å²) in [4.78, 5) is 45.2. The van der Waals surface area contributed by atoms with Crippen LogP contribution in [-0.4, -0.2) is 65.4 Å². The van der Waals surface area contributed by atoms with E-state index < -0.39 is 11.0 Å². The van der Waals surface area contributed by atoms with Crippen molar-refractivity contribution in [3.05, 3.63) is 52.7 Å². The molecule has 31 heavy (non-hydrogen) atoms. The fraction of sp³-hybridized carbons (Fsp3) is 0.381. The Morgan fingerprint density at radius 1 is 1.19 bits per heavy atom. The number of carbonyl (C=O) groups excluding carboxylic acids is 2. The zero-order valence-corrected chi connectivity index (χ0v) is 17.1. The fourth-order valence-electron chi connectivity index (χ4n) is 3.81. The van der Waals surface area contributed by atoms with Crippen molar-refractivity contribution in [3.63, 3.8) is 0 Å². The highest BCUT2D eigenvalue weighted by atomic mass is 16.6. The molecular weight excluding hydrogens is 402 g/mol. The number of nitrogens with zero attached hydrogens (tertiary/aromatic N) is 5. The Morgan fingerprint density at radius 2 is 1.94 bits per heavy atom. The minimum atomic E-state index is -0.581. The van der Waals surface area contributed by atoms with Gasteiger partial charge in [0.2, 0.25) is 5.91 Å². The average molecular weight is 425 g/mol. The van der Waals surface area contributed by atoms with E-state index in [1.807, 2.05) is 29.2 Å². The molecule has 3 heterocycles. The lowest BCUT2D eigenvalue weighted by Gasteiger charge is -2.36. The van der Waals surface area contributed by atoms with Gasteiger partial charge in [0.15, 0.2) is 6.10 Å². The second kappa shape index (κ2) is 8.58. The van der Waals surface area contributed by atoms with Gasteiger partial charge in [-0.05, 0) is 25.1 Å². The van der Waals surface area contributed by atoms with Gasteiger partial charge in [-0.3, -0.25) is 19.7 Å². The fourth-order valence-corrected chi connectivity index (χ4v) is 3.81. The minimum absolute atomic E-state index is 0.0132. The number of nitro groups is 1. The number of rotatable bonds is 5. The molecule has 0 N–H and O–H groups in total. The Hall–Kier alpha value is -3.69. The molecule has 1 unspecified atom stereocenters. The molecule has 1 atom stereocenters. The minimum Gasteiger partial charge on any atom is -0.479 e. The molecule has 1 saturated heterocycles. The summed E-state index contributed by atoms with van der Waals surface area (Å²) in [6.45, 7) is 4.24. The molecule has 0 bridgehead atoms. The number of aromatic nitrogens is 1. The molecule has 2 aliphatic rings. The molecular formula is C21H23N5O5. The number of hydrogen-bond acceptors (Lipinski definition) is 7. The number of anilines is 2. The Morgan fingerprint density at radius 3 is 2.61 bits per heavy atom. The molecule has 2 aliphatic heterocycles. The average Bonchev–Trinajstić information content (AvgIpc) is 2.79. The third-order valence-electron chi connectivity index (χ3n) is 5.52. The molecule has 1 aromatic heterocycles. The summed E-state index contributed by atoms with van der Waals surface area (Å²) in [6, 6.07) is 10.4. The summed E-state index contributed by atoms with van der Waals surface area (Å²) in [5.74, 6) is 1.13. The van der Waals surface area contributed by atoms with Gasteiger partial charge >= 0.3 is 0 Å². The maximum absolute atomic E-state index is 12.8. The van der Waals surface area contributed by atoms with Crippen LogP contribution in [0.3, 0.4) is 0 Å². The second-order valence-electron chi connectivity index (χ2n) is 7.47. The first kappa shape index (κ1) is 20.6. The van der Waals surface area contributed by atoms with Gasteiger partial charge in [-0.15, -0.1) is 0 Å². The van der Waals surface area contributed by atoms with E-state index in [1.54, 1.807) is 22.8 Å². The number of ether oxygens (including phenoxy) is 1. The van der Waals surface area contributed by atoms with Gasteiger partial charge in [0.05, 0.1) is 10.6 Å². The predicted octanol–water partition coefficient (Wildman–Crippen LogP) is 1.84. The van der Waals surface area contributed by atoms with Crippen molar-refractivity contribution in [3.8, 4) is 5.75 Å². The first-order valence-corrected chi connectivity index (χ1v) is 10.1. The highest BCUT2D eigenvalue weighted by molar-refractivity contribution is 6.00. The van der Waals surface area contributed by atoms with E-state index in [9.17, 15) is 19.7 Å². The largest absolute Gasteiger partial charge is 0.479 e. The van der Waals surface area contributed by atoms with Gasteiger partial charge in [0.1, 0.15) is 17.8 Å². The van der Waals surface area contributed by atoms with Crippen LogP contribution in [0.4, 0.5) is 17.2 Å². The van der Waals surface area contributed by atoms with Crippen LogP contribution < -0.4 is 14.5 Å². The van der Waals surface area contributed by atoms with E-state index in [4.69, 9.17) is 4.74 Å². The molecule has 10 heteroatoms. The smallest absolute Gasteiger partial charge is 0.287 e. The zero-order chi connectivity index (χ0) is 22.0. The van der Waals surface area contributed by atoms with Crippen molar-refractivity contribution in [2.24, 2.45) is 0 Å². The Balaban J connectivity index is 1.32. The Labute approximate surface area is 179 Å². The number of piperazine rings is 1. The number of fused-ring (bicyclic) bond motifs is 1. The van der Waals surface area contributed by atoms with Crippen LogP contribution in [0.5, 0.6) is 5.75 Å². The van der Waals surface area contributed by atoms with Crippen molar-refractivity contribution in [1.29, 1.82) is 0 Å². The quantitative estimate of drug-likeness (QED) is 0.531. The lowest BCUT2D eigenvalue weighted by atomic mass is 10.1. The molecule has 0 saturated carbocycles. The lowest BCUT2D eigenvalue weighted by Crippen LogP contribution is -2.50. The molecule has 0 aliphatic carbocycles. The van der Waals surface area contributed by atoms with E-state index in [-0.39, 0.29) is 23.9 Å².